The van der Waals surface area contributed by atoms with Crippen LogP contribution in [-0.4, -0.2) is 79.9 Å². The molecule has 1 aromatic heterocycles. The van der Waals surface area contributed by atoms with Gasteiger partial charge in [-0.15, -0.1) is 0 Å². The van der Waals surface area contributed by atoms with Gasteiger partial charge in [-0.2, -0.15) is 8.42 Å². The fourth-order valence-electron chi connectivity index (χ4n) is 2.98. The van der Waals surface area contributed by atoms with E-state index in [9.17, 15) is 34.0 Å². The first-order valence-corrected chi connectivity index (χ1v) is 10.8. The fourth-order valence-corrected chi connectivity index (χ4v) is 4.29. The number of para-hydroxylation sites is 1. The van der Waals surface area contributed by atoms with Gasteiger partial charge in [-0.05, 0) is 5.56 Å². The Morgan fingerprint density at radius 2 is 2.00 bits per heavy atom. The summed E-state index contributed by atoms with van der Waals surface area (Å²) in [7, 11) is -4.93. The van der Waals surface area contributed by atoms with E-state index in [1.807, 2.05) is 0 Å². The molecule has 0 unspecified atom stereocenters. The highest BCUT2D eigenvalue weighted by Crippen LogP contribution is 2.32. The molecule has 5 atom stereocenters. The summed E-state index contributed by atoms with van der Waals surface area (Å²) >= 11 is 0.653. The number of aromatic nitrogens is 1. The number of H-pyrrole nitrogens is 1. The molecule has 1 saturated heterocycles. The quantitative estimate of drug-likeness (QED) is 0.125. The molecule has 0 bridgehead atoms. The minimum absolute atomic E-state index is 0.0986. The standard InChI is InChI=1S/C16H20N2O10S2/c19-6-10-13(21)14(22)15(23)16(27-10)29-11(18-28-30(24,25)26)4-7-5-17-12-8(7)2-1-3-9(12)20/h1-3,5,10,13-17,19-23H,4,6H2,(H,24,25,26)/p-1/b18-11+/t10-,13-,14+,15-,16+/m1/s1. The molecule has 0 amide bonds. The first kappa shape index (κ1) is 22.8. The monoisotopic (exact) mass is 463 g/mol. The molecule has 0 saturated carbocycles. The summed E-state index contributed by atoms with van der Waals surface area (Å²) in [6.45, 7) is -0.648. The summed E-state index contributed by atoms with van der Waals surface area (Å²) in [6, 6.07) is 4.56. The molecule has 30 heavy (non-hydrogen) atoms. The van der Waals surface area contributed by atoms with Crippen molar-refractivity contribution in [3.05, 3.63) is 30.0 Å². The zero-order valence-corrected chi connectivity index (χ0v) is 16.8. The van der Waals surface area contributed by atoms with Crippen LogP contribution < -0.4 is 5.11 Å². The number of aliphatic hydroxyl groups is 4. The van der Waals surface area contributed by atoms with E-state index in [0.717, 1.165) is 0 Å². The highest BCUT2D eigenvalue weighted by atomic mass is 32.3. The second-order valence-electron chi connectivity index (χ2n) is 6.47. The summed E-state index contributed by atoms with van der Waals surface area (Å²) in [4.78, 5) is 2.80. The van der Waals surface area contributed by atoms with E-state index in [1.54, 1.807) is 6.07 Å². The van der Waals surface area contributed by atoms with Crippen LogP contribution in [0, 0.1) is 0 Å². The van der Waals surface area contributed by atoms with Crippen LogP contribution in [0.4, 0.5) is 0 Å². The van der Waals surface area contributed by atoms with Gasteiger partial charge < -0.3 is 35.3 Å². The number of aliphatic hydroxyl groups excluding tert-OH is 4. The van der Waals surface area contributed by atoms with Crippen molar-refractivity contribution in [1.29, 1.82) is 0 Å². The largest absolute Gasteiger partial charge is 0.871 e. The second kappa shape index (κ2) is 9.07. The average molecular weight is 463 g/mol. The molecular formula is C16H19N2O10S2-. The van der Waals surface area contributed by atoms with Crippen LogP contribution in [0.3, 0.4) is 0 Å². The predicted octanol–water partition coefficient (Wildman–Crippen LogP) is -1.55. The number of nitrogens with zero attached hydrogens (tertiary/aromatic N) is 1. The molecule has 1 fully saturated rings. The molecule has 3 rings (SSSR count). The van der Waals surface area contributed by atoms with Crippen LogP contribution in [0.25, 0.3) is 10.9 Å². The molecule has 1 aliphatic rings. The van der Waals surface area contributed by atoms with Crippen molar-refractivity contribution in [2.45, 2.75) is 36.3 Å². The molecule has 1 aliphatic heterocycles. The fraction of sp³-hybridized carbons (Fsp3) is 0.438. The first-order valence-electron chi connectivity index (χ1n) is 8.56. The molecular weight excluding hydrogens is 444 g/mol. The summed E-state index contributed by atoms with van der Waals surface area (Å²) in [6.07, 6.45) is -4.60. The molecule has 2 heterocycles. The van der Waals surface area contributed by atoms with Crippen LogP contribution >= 0.6 is 11.8 Å². The summed E-state index contributed by atoms with van der Waals surface area (Å²) in [5.74, 6) is -0.256. The maximum atomic E-state index is 11.9. The minimum Gasteiger partial charge on any atom is -0.871 e. The average Bonchev–Trinajstić information content (AvgIpc) is 3.10. The lowest BCUT2D eigenvalue weighted by Crippen LogP contribution is -2.57. The third-order valence-corrected chi connectivity index (χ3v) is 5.81. The molecule has 0 aliphatic carbocycles. The highest BCUT2D eigenvalue weighted by molar-refractivity contribution is 8.14. The number of rotatable bonds is 6. The van der Waals surface area contributed by atoms with E-state index < -0.39 is 46.9 Å². The molecule has 166 valence electrons. The Balaban J connectivity index is 1.88. The van der Waals surface area contributed by atoms with Gasteiger partial charge in [-0.3, -0.25) is 4.55 Å². The van der Waals surface area contributed by atoms with Gasteiger partial charge in [-0.1, -0.05) is 40.9 Å². The van der Waals surface area contributed by atoms with E-state index in [2.05, 4.69) is 14.4 Å². The lowest BCUT2D eigenvalue weighted by atomic mass is 10.0. The Hall–Kier alpha value is -1.91. The van der Waals surface area contributed by atoms with Crippen LogP contribution in [0.1, 0.15) is 5.56 Å². The van der Waals surface area contributed by atoms with Crippen molar-refractivity contribution < 1.29 is 47.5 Å². The molecule has 1 aromatic carbocycles. The third-order valence-electron chi connectivity index (χ3n) is 4.44. The number of oxime groups is 1. The first-order chi connectivity index (χ1) is 14.1. The van der Waals surface area contributed by atoms with Crippen molar-refractivity contribution in [3.63, 3.8) is 0 Å². The third kappa shape index (κ3) is 5.04. The number of benzene rings is 1. The summed E-state index contributed by atoms with van der Waals surface area (Å²) in [5, 5.41) is 55.0. The van der Waals surface area contributed by atoms with Crippen molar-refractivity contribution in [2.24, 2.45) is 5.16 Å². The van der Waals surface area contributed by atoms with Crippen molar-refractivity contribution in [2.75, 3.05) is 6.61 Å². The van der Waals surface area contributed by atoms with Crippen LogP contribution in [0.2, 0.25) is 0 Å². The molecule has 2 aromatic rings. The molecule has 0 spiro atoms. The minimum atomic E-state index is -4.93. The zero-order valence-electron chi connectivity index (χ0n) is 15.2. The van der Waals surface area contributed by atoms with Gasteiger partial charge in [0, 0.05) is 23.5 Å². The van der Waals surface area contributed by atoms with Gasteiger partial charge in [-0.25, -0.2) is 4.28 Å². The number of thioether (sulfide) groups is 1. The molecule has 14 heteroatoms. The molecule has 6 N–H and O–H groups in total. The van der Waals surface area contributed by atoms with Crippen molar-refractivity contribution >= 4 is 38.1 Å². The number of fused-ring (bicyclic) bond motifs is 1. The van der Waals surface area contributed by atoms with E-state index in [1.165, 1.54) is 18.3 Å². The Kier molecular flexibility index (Phi) is 6.88. The number of hydrogen-bond acceptors (Lipinski definition) is 11. The van der Waals surface area contributed by atoms with Crippen LogP contribution in [0.5, 0.6) is 5.75 Å². The lowest BCUT2D eigenvalue weighted by Gasteiger charge is -2.39. The normalized spacial score (nSPS) is 28.0. The van der Waals surface area contributed by atoms with Crippen LogP contribution in [0.15, 0.2) is 29.6 Å². The van der Waals surface area contributed by atoms with Gasteiger partial charge in [0.2, 0.25) is 0 Å². The molecule has 0 radical (unpaired) electrons. The predicted molar refractivity (Wildman–Crippen MR) is 103 cm³/mol. The second-order valence-corrected chi connectivity index (χ2v) is 8.65. The number of ether oxygens (including phenoxy) is 1. The van der Waals surface area contributed by atoms with Crippen molar-refractivity contribution in [1.82, 2.24) is 4.98 Å². The SMILES string of the molecule is O=S(=O)(O)O/N=C(\Cc1c[nH]c2c([O-])cccc12)S[C@@H]1O[C@H](CO)[C@@H](O)[C@H](O)[C@H]1O. The van der Waals surface area contributed by atoms with E-state index in [4.69, 9.17) is 9.29 Å². The summed E-state index contributed by atoms with van der Waals surface area (Å²) < 4.78 is 40.1. The Morgan fingerprint density at radius 1 is 1.27 bits per heavy atom. The zero-order chi connectivity index (χ0) is 22.1. The van der Waals surface area contributed by atoms with Crippen LogP contribution in [-0.2, 0) is 25.8 Å². The molecule has 12 nitrogen and oxygen atoms in total. The Bertz CT molecular complexity index is 1020. The topological polar surface area (TPSA) is 205 Å². The van der Waals surface area contributed by atoms with E-state index in [0.29, 0.717) is 28.2 Å². The van der Waals surface area contributed by atoms with Gasteiger partial charge in [0.15, 0.2) is 0 Å². The maximum absolute atomic E-state index is 11.9. The Labute approximate surface area is 174 Å². The van der Waals surface area contributed by atoms with Gasteiger partial charge in [0.05, 0.1) is 6.61 Å². The number of aromatic amines is 1. The highest BCUT2D eigenvalue weighted by Gasteiger charge is 2.44. The van der Waals surface area contributed by atoms with E-state index in [-0.39, 0.29) is 17.2 Å². The number of hydrogen-bond donors (Lipinski definition) is 6. The Morgan fingerprint density at radius 3 is 2.67 bits per heavy atom. The van der Waals surface area contributed by atoms with Gasteiger partial charge in [0.25, 0.3) is 0 Å². The lowest BCUT2D eigenvalue weighted by molar-refractivity contribution is -0.266. The number of nitrogens with one attached hydrogen (secondary N) is 1. The summed E-state index contributed by atoms with van der Waals surface area (Å²) in [5.41, 5.74) is -0.414. The smallest absolute Gasteiger partial charge is 0.466 e. The van der Waals surface area contributed by atoms with E-state index >= 15 is 0 Å². The van der Waals surface area contributed by atoms with Gasteiger partial charge >= 0.3 is 10.4 Å². The van der Waals surface area contributed by atoms with Crippen molar-refractivity contribution in [3.8, 4) is 5.75 Å². The maximum Gasteiger partial charge on any atom is 0.466 e. The van der Waals surface area contributed by atoms with Gasteiger partial charge in [0.1, 0.15) is 34.9 Å².